The minimum atomic E-state index is -0.363. The van der Waals surface area contributed by atoms with Crippen molar-refractivity contribution in [2.45, 2.75) is 84.3 Å². The fourth-order valence-electron chi connectivity index (χ4n) is 4.12. The second-order valence-electron chi connectivity index (χ2n) is 8.15. The van der Waals surface area contributed by atoms with Crippen LogP contribution >= 0.6 is 0 Å². The zero-order valence-corrected chi connectivity index (χ0v) is 15.1. The summed E-state index contributed by atoms with van der Waals surface area (Å²) in [5, 5.41) is 12.7. The van der Waals surface area contributed by atoms with Gasteiger partial charge in [-0.15, -0.1) is 0 Å². The number of rotatable bonds is 6. The Labute approximate surface area is 141 Å². The third-order valence-electron chi connectivity index (χ3n) is 6.05. The Morgan fingerprint density at radius 2 is 1.78 bits per heavy atom. The van der Waals surface area contributed by atoms with Crippen molar-refractivity contribution in [3.05, 3.63) is 0 Å². The second-order valence-corrected chi connectivity index (χ2v) is 8.15. The molecule has 0 aromatic heterocycles. The van der Waals surface area contributed by atoms with Gasteiger partial charge in [0.15, 0.2) is 0 Å². The smallest absolute Gasteiger partial charge is 0.226 e. The third kappa shape index (κ3) is 5.18. The first kappa shape index (κ1) is 18.7. The van der Waals surface area contributed by atoms with Gasteiger partial charge in [-0.3, -0.25) is 4.79 Å². The molecule has 2 aliphatic carbocycles. The summed E-state index contributed by atoms with van der Waals surface area (Å²) in [6.45, 7) is 7.55. The molecule has 23 heavy (non-hydrogen) atoms. The molecule has 2 N–H and O–H groups in total. The van der Waals surface area contributed by atoms with Gasteiger partial charge in [-0.05, 0) is 50.4 Å². The van der Waals surface area contributed by atoms with Crippen molar-refractivity contribution in [1.82, 2.24) is 5.32 Å². The Kier molecular flexibility index (Phi) is 6.90. The predicted octanol–water partition coefficient (Wildman–Crippen LogP) is 3.28. The molecular formula is C19H35NO3. The van der Waals surface area contributed by atoms with E-state index in [1.807, 2.05) is 13.8 Å². The van der Waals surface area contributed by atoms with Crippen molar-refractivity contribution in [2.75, 3.05) is 13.2 Å². The highest BCUT2D eigenvalue weighted by atomic mass is 16.5. The van der Waals surface area contributed by atoms with Crippen LogP contribution in [0.4, 0.5) is 0 Å². The van der Waals surface area contributed by atoms with Crippen molar-refractivity contribution in [1.29, 1.82) is 0 Å². The quantitative estimate of drug-likeness (QED) is 0.737. The number of carbonyl (C=O) groups is 1. The predicted molar refractivity (Wildman–Crippen MR) is 92.1 cm³/mol. The molecule has 4 heteroatoms. The Morgan fingerprint density at radius 1 is 1.13 bits per heavy atom. The van der Waals surface area contributed by atoms with Crippen LogP contribution in [0.5, 0.6) is 0 Å². The van der Waals surface area contributed by atoms with Crippen LogP contribution in [0.1, 0.15) is 72.1 Å². The second kappa shape index (κ2) is 8.48. The Hall–Kier alpha value is -0.610. The van der Waals surface area contributed by atoms with Gasteiger partial charge < -0.3 is 15.2 Å². The Balaban J connectivity index is 1.69. The molecule has 4 nitrogen and oxygen atoms in total. The molecule has 2 aliphatic rings. The molecule has 0 aromatic carbocycles. The maximum absolute atomic E-state index is 12.5. The maximum atomic E-state index is 12.5. The largest absolute Gasteiger partial charge is 0.393 e. The van der Waals surface area contributed by atoms with Crippen LogP contribution in [0.15, 0.2) is 0 Å². The average molecular weight is 325 g/mol. The number of hydrogen-bond donors (Lipinski definition) is 2. The lowest BCUT2D eigenvalue weighted by molar-refractivity contribution is -0.133. The van der Waals surface area contributed by atoms with E-state index in [1.165, 1.54) is 19.3 Å². The van der Waals surface area contributed by atoms with Crippen LogP contribution in [0.3, 0.4) is 0 Å². The SMILES string of the molecule is CC1CCCCC1OCCNC(=O)C(C)(C)C1CCC(O)CC1. The third-order valence-corrected chi connectivity index (χ3v) is 6.05. The van der Waals surface area contributed by atoms with E-state index < -0.39 is 0 Å². The molecule has 0 bridgehead atoms. The Bertz CT molecular complexity index is 375. The molecule has 0 aliphatic heterocycles. The average Bonchev–Trinajstić information content (AvgIpc) is 2.53. The van der Waals surface area contributed by atoms with Crippen molar-refractivity contribution in [3.8, 4) is 0 Å². The molecule has 2 saturated carbocycles. The Morgan fingerprint density at radius 3 is 2.43 bits per heavy atom. The highest BCUT2D eigenvalue weighted by Gasteiger charge is 2.38. The molecule has 0 saturated heterocycles. The van der Waals surface area contributed by atoms with Crippen LogP contribution in [0.2, 0.25) is 0 Å². The number of amides is 1. The van der Waals surface area contributed by atoms with E-state index in [1.54, 1.807) is 0 Å². The van der Waals surface area contributed by atoms with Crippen molar-refractivity contribution in [2.24, 2.45) is 17.3 Å². The fraction of sp³-hybridized carbons (Fsp3) is 0.947. The first-order chi connectivity index (χ1) is 10.9. The lowest BCUT2D eigenvalue weighted by atomic mass is 9.70. The van der Waals surface area contributed by atoms with Crippen molar-refractivity contribution < 1.29 is 14.6 Å². The van der Waals surface area contributed by atoms with Gasteiger partial charge in [0.1, 0.15) is 0 Å². The van der Waals surface area contributed by atoms with Crippen molar-refractivity contribution in [3.63, 3.8) is 0 Å². The number of aliphatic hydroxyl groups excluding tert-OH is 1. The summed E-state index contributed by atoms with van der Waals surface area (Å²) >= 11 is 0. The summed E-state index contributed by atoms with van der Waals surface area (Å²) in [7, 11) is 0. The lowest BCUT2D eigenvalue weighted by Gasteiger charge is -2.37. The molecule has 0 heterocycles. The molecular weight excluding hydrogens is 290 g/mol. The lowest BCUT2D eigenvalue weighted by Crippen LogP contribution is -2.44. The summed E-state index contributed by atoms with van der Waals surface area (Å²) < 4.78 is 5.97. The number of nitrogens with one attached hydrogen (secondary N) is 1. The van der Waals surface area contributed by atoms with Gasteiger partial charge in [0.2, 0.25) is 5.91 Å². The molecule has 0 aromatic rings. The molecule has 134 valence electrons. The van der Waals surface area contributed by atoms with E-state index in [0.29, 0.717) is 31.1 Å². The van der Waals surface area contributed by atoms with E-state index in [4.69, 9.17) is 4.74 Å². The minimum Gasteiger partial charge on any atom is -0.393 e. The summed E-state index contributed by atoms with van der Waals surface area (Å²) in [4.78, 5) is 12.5. The number of carbonyl (C=O) groups excluding carboxylic acids is 1. The van der Waals surface area contributed by atoms with Gasteiger partial charge in [-0.1, -0.05) is 33.6 Å². The van der Waals surface area contributed by atoms with Gasteiger partial charge >= 0.3 is 0 Å². The molecule has 2 rings (SSSR count). The summed E-state index contributed by atoms with van der Waals surface area (Å²) in [5.41, 5.74) is -0.363. The van der Waals surface area contributed by atoms with Gasteiger partial charge in [-0.2, -0.15) is 0 Å². The van der Waals surface area contributed by atoms with E-state index in [-0.39, 0.29) is 17.4 Å². The van der Waals surface area contributed by atoms with Crippen molar-refractivity contribution >= 4 is 5.91 Å². The molecule has 2 fully saturated rings. The normalized spacial score (nSPS) is 32.5. The number of ether oxygens (including phenoxy) is 1. The summed E-state index contributed by atoms with van der Waals surface area (Å²) in [5.74, 6) is 1.13. The van der Waals surface area contributed by atoms with E-state index in [9.17, 15) is 9.90 Å². The molecule has 1 amide bonds. The van der Waals surface area contributed by atoms with Crippen LogP contribution in [0, 0.1) is 17.3 Å². The van der Waals surface area contributed by atoms with Gasteiger partial charge in [0.05, 0.1) is 18.8 Å². The van der Waals surface area contributed by atoms with E-state index in [0.717, 1.165) is 32.1 Å². The zero-order chi connectivity index (χ0) is 16.9. The zero-order valence-electron chi connectivity index (χ0n) is 15.1. The highest BCUT2D eigenvalue weighted by Crippen LogP contribution is 2.38. The highest BCUT2D eigenvalue weighted by molar-refractivity contribution is 5.82. The minimum absolute atomic E-state index is 0.124. The summed E-state index contributed by atoms with van der Waals surface area (Å²) in [6.07, 6.45) is 8.74. The topological polar surface area (TPSA) is 58.6 Å². The van der Waals surface area contributed by atoms with Crippen LogP contribution < -0.4 is 5.32 Å². The van der Waals surface area contributed by atoms with Crippen LogP contribution in [0.25, 0.3) is 0 Å². The first-order valence-corrected chi connectivity index (χ1v) is 9.49. The molecule has 0 spiro atoms. The molecule has 0 radical (unpaired) electrons. The van der Waals surface area contributed by atoms with Gasteiger partial charge in [0, 0.05) is 12.0 Å². The maximum Gasteiger partial charge on any atom is 0.226 e. The molecule has 2 atom stereocenters. The fourth-order valence-corrected chi connectivity index (χ4v) is 4.12. The van der Waals surface area contributed by atoms with Gasteiger partial charge in [0.25, 0.3) is 0 Å². The standard InChI is InChI=1S/C19H35NO3/c1-14-6-4-5-7-17(14)23-13-12-20-18(22)19(2,3)15-8-10-16(21)11-9-15/h14-17,21H,4-13H2,1-3H3,(H,20,22). The first-order valence-electron chi connectivity index (χ1n) is 9.49. The monoisotopic (exact) mass is 325 g/mol. The number of hydrogen-bond acceptors (Lipinski definition) is 3. The van der Waals surface area contributed by atoms with Crippen LogP contribution in [-0.4, -0.2) is 36.4 Å². The van der Waals surface area contributed by atoms with E-state index in [2.05, 4.69) is 12.2 Å². The van der Waals surface area contributed by atoms with Crippen LogP contribution in [-0.2, 0) is 9.53 Å². The number of aliphatic hydroxyl groups is 1. The van der Waals surface area contributed by atoms with Gasteiger partial charge in [-0.25, -0.2) is 0 Å². The summed E-state index contributed by atoms with van der Waals surface area (Å²) in [6, 6.07) is 0. The molecule has 2 unspecified atom stereocenters. The van der Waals surface area contributed by atoms with E-state index >= 15 is 0 Å².